The van der Waals surface area contributed by atoms with Crippen molar-refractivity contribution in [1.29, 1.82) is 5.26 Å². The van der Waals surface area contributed by atoms with E-state index in [0.717, 1.165) is 24.3 Å². The molecule has 3 heteroatoms. The predicted molar refractivity (Wildman–Crippen MR) is 75.4 cm³/mol. The van der Waals surface area contributed by atoms with Crippen LogP contribution in [0.2, 0.25) is 0 Å². The summed E-state index contributed by atoms with van der Waals surface area (Å²) in [5.41, 5.74) is 5.29. The Morgan fingerprint density at radius 2 is 2.00 bits per heavy atom. The SMILES string of the molecule is Cc1ccc(CNCc2ccc(C#N)cc2C)cn1. The van der Waals surface area contributed by atoms with Crippen LogP contribution in [0.5, 0.6) is 0 Å². The van der Waals surface area contributed by atoms with Gasteiger partial charge in [0.2, 0.25) is 0 Å². The Hall–Kier alpha value is -2.18. The van der Waals surface area contributed by atoms with Gasteiger partial charge in [-0.3, -0.25) is 4.98 Å². The molecule has 3 nitrogen and oxygen atoms in total. The summed E-state index contributed by atoms with van der Waals surface area (Å²) in [7, 11) is 0. The molecule has 0 aliphatic rings. The van der Waals surface area contributed by atoms with Crippen LogP contribution in [0.1, 0.15) is 27.9 Å². The topological polar surface area (TPSA) is 48.7 Å². The molecule has 2 rings (SSSR count). The molecule has 0 saturated heterocycles. The highest BCUT2D eigenvalue weighted by atomic mass is 14.9. The van der Waals surface area contributed by atoms with Crippen LogP contribution in [0.15, 0.2) is 36.5 Å². The number of hydrogen-bond acceptors (Lipinski definition) is 3. The molecular formula is C16H17N3. The van der Waals surface area contributed by atoms with E-state index >= 15 is 0 Å². The van der Waals surface area contributed by atoms with Gasteiger partial charge in [0.1, 0.15) is 0 Å². The van der Waals surface area contributed by atoms with Crippen molar-refractivity contribution in [2.24, 2.45) is 0 Å². The second-order valence-corrected chi connectivity index (χ2v) is 4.66. The number of aryl methyl sites for hydroxylation is 2. The summed E-state index contributed by atoms with van der Waals surface area (Å²) in [5, 5.41) is 12.2. The Kier molecular flexibility index (Phi) is 4.27. The Labute approximate surface area is 113 Å². The van der Waals surface area contributed by atoms with Gasteiger partial charge in [-0.1, -0.05) is 12.1 Å². The lowest BCUT2D eigenvalue weighted by molar-refractivity contribution is 0.688. The Balaban J connectivity index is 1.92. The third-order valence-corrected chi connectivity index (χ3v) is 3.09. The number of pyridine rings is 1. The fourth-order valence-electron chi connectivity index (χ4n) is 1.91. The van der Waals surface area contributed by atoms with E-state index in [2.05, 4.69) is 22.4 Å². The number of nitriles is 1. The molecule has 0 aliphatic heterocycles. The zero-order valence-electron chi connectivity index (χ0n) is 11.3. The summed E-state index contributed by atoms with van der Waals surface area (Å²) in [6, 6.07) is 12.0. The highest BCUT2D eigenvalue weighted by molar-refractivity contribution is 5.37. The van der Waals surface area contributed by atoms with Crippen molar-refractivity contribution < 1.29 is 0 Å². The van der Waals surface area contributed by atoms with Crippen LogP contribution in [0.4, 0.5) is 0 Å². The lowest BCUT2D eigenvalue weighted by atomic mass is 10.1. The van der Waals surface area contributed by atoms with Crippen LogP contribution in [0.25, 0.3) is 0 Å². The maximum atomic E-state index is 8.83. The molecule has 0 bridgehead atoms. The van der Waals surface area contributed by atoms with E-state index in [4.69, 9.17) is 5.26 Å². The minimum atomic E-state index is 0.712. The van der Waals surface area contributed by atoms with Crippen LogP contribution in [-0.2, 0) is 13.1 Å². The standard InChI is InChI=1S/C16H17N3/c1-12-7-14(8-17)5-6-16(12)11-18-9-15-4-3-13(2)19-10-15/h3-7,10,18H,9,11H2,1-2H3. The van der Waals surface area contributed by atoms with Gasteiger partial charge in [-0.2, -0.15) is 5.26 Å². The minimum absolute atomic E-state index is 0.712. The van der Waals surface area contributed by atoms with Gasteiger partial charge < -0.3 is 5.32 Å². The molecule has 19 heavy (non-hydrogen) atoms. The Morgan fingerprint density at radius 1 is 1.16 bits per heavy atom. The molecule has 1 aromatic heterocycles. The maximum Gasteiger partial charge on any atom is 0.0991 e. The molecule has 0 atom stereocenters. The van der Waals surface area contributed by atoms with E-state index in [1.54, 1.807) is 0 Å². The fraction of sp³-hybridized carbons (Fsp3) is 0.250. The molecule has 0 fully saturated rings. The van der Waals surface area contributed by atoms with Crippen molar-refractivity contribution in [3.63, 3.8) is 0 Å². The average Bonchev–Trinajstić information content (AvgIpc) is 2.42. The summed E-state index contributed by atoms with van der Waals surface area (Å²) in [5.74, 6) is 0. The number of rotatable bonds is 4. The lowest BCUT2D eigenvalue weighted by Crippen LogP contribution is -2.13. The average molecular weight is 251 g/mol. The first-order valence-electron chi connectivity index (χ1n) is 6.31. The van der Waals surface area contributed by atoms with E-state index in [0.29, 0.717) is 5.56 Å². The normalized spacial score (nSPS) is 10.2. The van der Waals surface area contributed by atoms with Crippen LogP contribution in [0, 0.1) is 25.2 Å². The van der Waals surface area contributed by atoms with Crippen LogP contribution in [0.3, 0.4) is 0 Å². The van der Waals surface area contributed by atoms with E-state index < -0.39 is 0 Å². The third-order valence-electron chi connectivity index (χ3n) is 3.09. The zero-order chi connectivity index (χ0) is 13.7. The van der Waals surface area contributed by atoms with Gasteiger partial charge in [-0.25, -0.2) is 0 Å². The molecule has 0 unspecified atom stereocenters. The second-order valence-electron chi connectivity index (χ2n) is 4.66. The molecule has 1 N–H and O–H groups in total. The maximum absolute atomic E-state index is 8.83. The zero-order valence-corrected chi connectivity index (χ0v) is 11.3. The number of nitrogens with one attached hydrogen (secondary N) is 1. The van der Waals surface area contributed by atoms with E-state index in [9.17, 15) is 0 Å². The van der Waals surface area contributed by atoms with Crippen molar-refractivity contribution in [2.45, 2.75) is 26.9 Å². The number of benzene rings is 1. The second kappa shape index (κ2) is 6.12. The highest BCUT2D eigenvalue weighted by Crippen LogP contribution is 2.10. The molecule has 0 spiro atoms. The Bertz CT molecular complexity index is 594. The van der Waals surface area contributed by atoms with Crippen molar-refractivity contribution in [3.05, 3.63) is 64.5 Å². The van der Waals surface area contributed by atoms with Gasteiger partial charge in [0, 0.05) is 25.0 Å². The molecule has 96 valence electrons. The first kappa shape index (κ1) is 13.3. The summed E-state index contributed by atoms with van der Waals surface area (Å²) in [6.45, 7) is 5.61. The molecule has 0 amide bonds. The first-order valence-corrected chi connectivity index (χ1v) is 6.31. The number of aromatic nitrogens is 1. The van der Waals surface area contributed by atoms with Gasteiger partial charge in [0.05, 0.1) is 11.6 Å². The van der Waals surface area contributed by atoms with Gasteiger partial charge >= 0.3 is 0 Å². The van der Waals surface area contributed by atoms with E-state index in [-0.39, 0.29) is 0 Å². The molecular weight excluding hydrogens is 234 g/mol. The van der Waals surface area contributed by atoms with Crippen molar-refractivity contribution >= 4 is 0 Å². The van der Waals surface area contributed by atoms with Gasteiger partial charge in [0.15, 0.2) is 0 Å². The molecule has 2 aromatic rings. The summed E-state index contributed by atoms with van der Waals surface area (Å²) < 4.78 is 0. The molecule has 1 heterocycles. The largest absolute Gasteiger partial charge is 0.309 e. The van der Waals surface area contributed by atoms with Gasteiger partial charge in [0.25, 0.3) is 0 Å². The van der Waals surface area contributed by atoms with E-state index in [1.807, 2.05) is 44.3 Å². The van der Waals surface area contributed by atoms with Crippen LogP contribution >= 0.6 is 0 Å². The predicted octanol–water partition coefficient (Wildman–Crippen LogP) is 2.86. The van der Waals surface area contributed by atoms with Gasteiger partial charge in [-0.05, 0) is 48.7 Å². The van der Waals surface area contributed by atoms with Crippen LogP contribution in [-0.4, -0.2) is 4.98 Å². The molecule has 1 aromatic carbocycles. The lowest BCUT2D eigenvalue weighted by Gasteiger charge is -2.08. The monoisotopic (exact) mass is 251 g/mol. The summed E-state index contributed by atoms with van der Waals surface area (Å²) in [4.78, 5) is 4.27. The molecule has 0 aliphatic carbocycles. The molecule has 0 saturated carbocycles. The fourth-order valence-corrected chi connectivity index (χ4v) is 1.91. The highest BCUT2D eigenvalue weighted by Gasteiger charge is 2.00. The quantitative estimate of drug-likeness (QED) is 0.909. The number of nitrogens with zero attached hydrogens (tertiary/aromatic N) is 2. The van der Waals surface area contributed by atoms with E-state index in [1.165, 1.54) is 11.1 Å². The van der Waals surface area contributed by atoms with Crippen molar-refractivity contribution in [3.8, 4) is 6.07 Å². The van der Waals surface area contributed by atoms with Crippen molar-refractivity contribution in [2.75, 3.05) is 0 Å². The number of hydrogen-bond donors (Lipinski definition) is 1. The van der Waals surface area contributed by atoms with Crippen LogP contribution < -0.4 is 5.32 Å². The van der Waals surface area contributed by atoms with Crippen molar-refractivity contribution in [1.82, 2.24) is 10.3 Å². The first-order chi connectivity index (χ1) is 9.19. The molecule has 0 radical (unpaired) electrons. The van der Waals surface area contributed by atoms with Gasteiger partial charge in [-0.15, -0.1) is 0 Å². The third kappa shape index (κ3) is 3.64. The summed E-state index contributed by atoms with van der Waals surface area (Å²) in [6.07, 6.45) is 1.90. The smallest absolute Gasteiger partial charge is 0.0991 e. The Morgan fingerprint density at radius 3 is 2.63 bits per heavy atom. The minimum Gasteiger partial charge on any atom is -0.309 e. The summed E-state index contributed by atoms with van der Waals surface area (Å²) >= 11 is 0.